The van der Waals surface area contributed by atoms with Crippen molar-refractivity contribution in [2.24, 2.45) is 0 Å². The molecule has 0 atom stereocenters. The minimum atomic E-state index is 0.404. The van der Waals surface area contributed by atoms with E-state index in [2.05, 4.69) is 15.1 Å². The second-order valence-electron chi connectivity index (χ2n) is 2.23. The van der Waals surface area contributed by atoms with Gasteiger partial charge in [0.05, 0.1) is 5.02 Å². The van der Waals surface area contributed by atoms with E-state index in [1.807, 2.05) is 22.6 Å². The second-order valence-corrected chi connectivity index (χ2v) is 3.63. The van der Waals surface area contributed by atoms with Crippen molar-refractivity contribution in [1.82, 2.24) is 15.1 Å². The van der Waals surface area contributed by atoms with Crippen molar-refractivity contribution >= 4 is 34.2 Å². The Kier molecular flexibility index (Phi) is 2.45. The average molecular weight is 307 g/mol. The van der Waals surface area contributed by atoms with Crippen molar-refractivity contribution in [3.63, 3.8) is 0 Å². The van der Waals surface area contributed by atoms with Gasteiger partial charge < -0.3 is 4.52 Å². The lowest BCUT2D eigenvalue weighted by molar-refractivity contribution is 0.424. The Hall–Kier alpha value is -0.690. The Morgan fingerprint density at radius 3 is 2.77 bits per heavy atom. The maximum atomic E-state index is 5.67. The molecule has 0 N–H and O–H groups in total. The average Bonchev–Trinajstić information content (AvgIpc) is 2.53. The van der Waals surface area contributed by atoms with Gasteiger partial charge >= 0.3 is 0 Å². The molecule has 4 nitrogen and oxygen atoms in total. The molecule has 0 radical (unpaired) electrons. The molecule has 0 aliphatic rings. The number of nitrogens with zero attached hydrogens (tertiary/aromatic N) is 3. The smallest absolute Gasteiger partial charge is 0.277 e. The highest BCUT2D eigenvalue weighted by Crippen LogP contribution is 2.16. The fraction of sp³-hybridized carbons (Fsp3) is 0. The fourth-order valence-corrected chi connectivity index (χ4v) is 1.24. The third-order valence-corrected chi connectivity index (χ3v) is 2.01. The van der Waals surface area contributed by atoms with Gasteiger partial charge in [-0.1, -0.05) is 16.8 Å². The standard InChI is InChI=1S/C7H3ClIN3O/c8-4-1-2-5(10-3-4)6-11-7(9)12-13-6/h1-3H. The zero-order valence-corrected chi connectivity index (χ0v) is 9.15. The Morgan fingerprint density at radius 2 is 2.23 bits per heavy atom. The molecule has 0 saturated heterocycles. The van der Waals surface area contributed by atoms with Gasteiger partial charge in [-0.15, -0.1) is 0 Å². The number of rotatable bonds is 1. The molecule has 66 valence electrons. The summed E-state index contributed by atoms with van der Waals surface area (Å²) in [5.74, 6) is 0.404. The van der Waals surface area contributed by atoms with Gasteiger partial charge in [0, 0.05) is 28.8 Å². The number of aromatic nitrogens is 3. The summed E-state index contributed by atoms with van der Waals surface area (Å²) in [5.41, 5.74) is 0.625. The van der Waals surface area contributed by atoms with Gasteiger partial charge in [-0.05, 0) is 12.1 Å². The SMILES string of the molecule is Clc1ccc(-c2nc(I)no2)nc1. The van der Waals surface area contributed by atoms with Crippen LogP contribution in [0.4, 0.5) is 0 Å². The first-order chi connectivity index (χ1) is 6.25. The second kappa shape index (κ2) is 3.59. The van der Waals surface area contributed by atoms with Crippen LogP contribution >= 0.6 is 34.2 Å². The maximum absolute atomic E-state index is 5.67. The van der Waals surface area contributed by atoms with Crippen LogP contribution in [0.2, 0.25) is 5.02 Å². The van der Waals surface area contributed by atoms with Gasteiger partial charge in [0.25, 0.3) is 5.89 Å². The number of hydrogen-bond acceptors (Lipinski definition) is 4. The highest BCUT2D eigenvalue weighted by Gasteiger charge is 2.07. The summed E-state index contributed by atoms with van der Waals surface area (Å²) in [7, 11) is 0. The molecular weight excluding hydrogens is 304 g/mol. The van der Waals surface area contributed by atoms with E-state index in [0.717, 1.165) is 0 Å². The monoisotopic (exact) mass is 307 g/mol. The summed E-state index contributed by atoms with van der Waals surface area (Å²) < 4.78 is 5.48. The van der Waals surface area contributed by atoms with Crippen molar-refractivity contribution in [2.75, 3.05) is 0 Å². The van der Waals surface area contributed by atoms with Crippen LogP contribution in [0.5, 0.6) is 0 Å². The third-order valence-electron chi connectivity index (χ3n) is 1.35. The molecule has 2 heterocycles. The summed E-state index contributed by atoms with van der Waals surface area (Å²) in [5, 5.41) is 4.22. The molecule has 0 spiro atoms. The van der Waals surface area contributed by atoms with E-state index < -0.39 is 0 Å². The molecule has 0 amide bonds. The zero-order valence-electron chi connectivity index (χ0n) is 6.24. The topological polar surface area (TPSA) is 51.8 Å². The van der Waals surface area contributed by atoms with Gasteiger partial charge in [-0.2, -0.15) is 4.98 Å². The van der Waals surface area contributed by atoms with Crippen molar-refractivity contribution in [3.8, 4) is 11.6 Å². The number of hydrogen-bond donors (Lipinski definition) is 0. The van der Waals surface area contributed by atoms with Crippen LogP contribution in [0.25, 0.3) is 11.6 Å². The van der Waals surface area contributed by atoms with E-state index in [1.54, 1.807) is 12.1 Å². The minimum absolute atomic E-state index is 0.404. The molecule has 0 aliphatic heterocycles. The largest absolute Gasteiger partial charge is 0.331 e. The first-order valence-electron chi connectivity index (χ1n) is 3.37. The molecule has 2 aromatic rings. The van der Waals surface area contributed by atoms with Gasteiger partial charge in [0.1, 0.15) is 5.69 Å². The van der Waals surface area contributed by atoms with E-state index in [9.17, 15) is 0 Å². The van der Waals surface area contributed by atoms with Crippen molar-refractivity contribution in [3.05, 3.63) is 27.2 Å². The van der Waals surface area contributed by atoms with Crippen LogP contribution in [0, 0.1) is 3.83 Å². The van der Waals surface area contributed by atoms with Gasteiger partial charge in [-0.25, -0.2) is 4.98 Å². The van der Waals surface area contributed by atoms with Gasteiger partial charge in [0.2, 0.25) is 3.83 Å². The molecular formula is C7H3ClIN3O. The van der Waals surface area contributed by atoms with Crippen LogP contribution in [0.3, 0.4) is 0 Å². The fourth-order valence-electron chi connectivity index (χ4n) is 0.812. The predicted octanol–water partition coefficient (Wildman–Crippen LogP) is 2.39. The lowest BCUT2D eigenvalue weighted by Crippen LogP contribution is -1.82. The predicted molar refractivity (Wildman–Crippen MR) is 55.3 cm³/mol. The quantitative estimate of drug-likeness (QED) is 0.759. The highest BCUT2D eigenvalue weighted by atomic mass is 127. The van der Waals surface area contributed by atoms with Crippen LogP contribution in [-0.4, -0.2) is 15.1 Å². The lowest BCUT2D eigenvalue weighted by atomic mass is 10.3. The van der Waals surface area contributed by atoms with E-state index >= 15 is 0 Å². The summed E-state index contributed by atoms with van der Waals surface area (Å²) in [6.07, 6.45) is 1.54. The minimum Gasteiger partial charge on any atom is -0.331 e. The Morgan fingerprint density at radius 1 is 1.38 bits per heavy atom. The maximum Gasteiger partial charge on any atom is 0.277 e. The molecule has 2 aromatic heterocycles. The number of pyridine rings is 1. The summed E-state index contributed by atoms with van der Waals surface area (Å²) in [6.45, 7) is 0. The Labute approximate surface area is 92.5 Å². The summed E-state index contributed by atoms with van der Waals surface area (Å²) >= 11 is 7.64. The normalized spacial score (nSPS) is 10.3. The van der Waals surface area contributed by atoms with E-state index in [4.69, 9.17) is 16.1 Å². The van der Waals surface area contributed by atoms with Crippen LogP contribution in [0.15, 0.2) is 22.9 Å². The van der Waals surface area contributed by atoms with Crippen LogP contribution in [0.1, 0.15) is 0 Å². The van der Waals surface area contributed by atoms with Crippen LogP contribution < -0.4 is 0 Å². The van der Waals surface area contributed by atoms with Crippen LogP contribution in [-0.2, 0) is 0 Å². The first-order valence-corrected chi connectivity index (χ1v) is 4.82. The summed E-state index contributed by atoms with van der Waals surface area (Å²) in [6, 6.07) is 3.45. The summed E-state index contributed by atoms with van der Waals surface area (Å²) in [4.78, 5) is 8.04. The molecule has 0 bridgehead atoms. The van der Waals surface area contributed by atoms with Gasteiger partial charge in [0.15, 0.2) is 0 Å². The molecule has 0 aliphatic carbocycles. The molecule has 6 heteroatoms. The van der Waals surface area contributed by atoms with Crippen molar-refractivity contribution < 1.29 is 4.52 Å². The van der Waals surface area contributed by atoms with Crippen molar-refractivity contribution in [1.29, 1.82) is 0 Å². The Balaban J connectivity index is 2.41. The number of halogens is 2. The van der Waals surface area contributed by atoms with E-state index in [0.29, 0.717) is 20.4 Å². The Bertz CT molecular complexity index is 414. The highest BCUT2D eigenvalue weighted by molar-refractivity contribution is 14.1. The first kappa shape index (κ1) is 8.89. The molecule has 0 fully saturated rings. The molecule has 13 heavy (non-hydrogen) atoms. The lowest BCUT2D eigenvalue weighted by Gasteiger charge is -1.91. The molecule has 0 saturated carbocycles. The van der Waals surface area contributed by atoms with Gasteiger partial charge in [-0.3, -0.25) is 0 Å². The molecule has 0 unspecified atom stereocenters. The third kappa shape index (κ3) is 1.97. The van der Waals surface area contributed by atoms with E-state index in [1.165, 1.54) is 6.20 Å². The molecule has 2 rings (SSSR count). The van der Waals surface area contributed by atoms with Crippen molar-refractivity contribution in [2.45, 2.75) is 0 Å². The zero-order chi connectivity index (χ0) is 9.26. The van der Waals surface area contributed by atoms with E-state index in [-0.39, 0.29) is 0 Å². The molecule has 0 aromatic carbocycles.